The zero-order chi connectivity index (χ0) is 17.7. The highest BCUT2D eigenvalue weighted by Gasteiger charge is 2.33. The molecule has 0 spiro atoms. The number of rotatable bonds is 5. The third kappa shape index (κ3) is 4.19. The molecule has 0 aromatic heterocycles. The van der Waals surface area contributed by atoms with Crippen LogP contribution in [-0.4, -0.2) is 18.0 Å². The Hall–Kier alpha value is -2.69. The number of esters is 1. The Morgan fingerprint density at radius 2 is 1.62 bits per heavy atom. The number of hydrogen-bond acceptors (Lipinski definition) is 3. The third-order valence-electron chi connectivity index (χ3n) is 3.77. The molecule has 0 aliphatic carbocycles. The lowest BCUT2D eigenvalue weighted by atomic mass is 9.85. The molecular formula is C19H20FNO3. The molecular weight excluding hydrogens is 309 g/mol. The quantitative estimate of drug-likeness (QED) is 0.852. The number of ether oxygens (including phenoxy) is 1. The van der Waals surface area contributed by atoms with Crippen molar-refractivity contribution in [2.75, 3.05) is 5.32 Å². The zero-order valence-corrected chi connectivity index (χ0v) is 13.9. The summed E-state index contributed by atoms with van der Waals surface area (Å²) in [4.78, 5) is 24.5. The van der Waals surface area contributed by atoms with Crippen LogP contribution in [0, 0.1) is 5.82 Å². The fourth-order valence-electron chi connectivity index (χ4n) is 2.11. The van der Waals surface area contributed by atoms with Crippen molar-refractivity contribution in [3.05, 3.63) is 66.0 Å². The summed E-state index contributed by atoms with van der Waals surface area (Å²) in [7, 11) is 0. The molecule has 5 heteroatoms. The average Bonchev–Trinajstić information content (AvgIpc) is 2.57. The minimum absolute atomic E-state index is 0.392. The van der Waals surface area contributed by atoms with Crippen molar-refractivity contribution in [1.29, 1.82) is 0 Å². The molecule has 2 aromatic carbocycles. The molecule has 0 unspecified atom stereocenters. The van der Waals surface area contributed by atoms with Crippen molar-refractivity contribution in [3.63, 3.8) is 0 Å². The highest BCUT2D eigenvalue weighted by molar-refractivity contribution is 5.95. The topological polar surface area (TPSA) is 55.4 Å². The van der Waals surface area contributed by atoms with Crippen LogP contribution in [0.3, 0.4) is 0 Å². The Morgan fingerprint density at radius 1 is 1.04 bits per heavy atom. The van der Waals surface area contributed by atoms with E-state index in [1.807, 2.05) is 30.3 Å². The van der Waals surface area contributed by atoms with Crippen molar-refractivity contribution in [2.45, 2.75) is 32.3 Å². The predicted molar refractivity (Wildman–Crippen MR) is 90.1 cm³/mol. The number of amides is 1. The van der Waals surface area contributed by atoms with Gasteiger partial charge in [-0.3, -0.25) is 9.59 Å². The summed E-state index contributed by atoms with van der Waals surface area (Å²) in [6.45, 7) is 4.99. The summed E-state index contributed by atoms with van der Waals surface area (Å²) >= 11 is 0. The summed E-state index contributed by atoms with van der Waals surface area (Å²) in [6, 6.07) is 14.6. The van der Waals surface area contributed by atoms with Gasteiger partial charge in [-0.05, 0) is 50.6 Å². The van der Waals surface area contributed by atoms with Crippen LogP contribution in [0.25, 0.3) is 0 Å². The van der Waals surface area contributed by atoms with E-state index in [4.69, 9.17) is 4.74 Å². The molecule has 1 atom stereocenters. The lowest BCUT2D eigenvalue weighted by Crippen LogP contribution is -2.37. The first kappa shape index (κ1) is 17.7. The van der Waals surface area contributed by atoms with Crippen LogP contribution in [-0.2, 0) is 19.7 Å². The molecule has 1 N–H and O–H groups in total. The molecule has 0 bridgehead atoms. The molecule has 1 amide bonds. The van der Waals surface area contributed by atoms with Gasteiger partial charge >= 0.3 is 5.97 Å². The van der Waals surface area contributed by atoms with Gasteiger partial charge in [-0.15, -0.1) is 0 Å². The van der Waals surface area contributed by atoms with E-state index in [9.17, 15) is 14.0 Å². The van der Waals surface area contributed by atoms with Crippen molar-refractivity contribution in [2.24, 2.45) is 0 Å². The van der Waals surface area contributed by atoms with Crippen LogP contribution in [0.4, 0.5) is 10.1 Å². The van der Waals surface area contributed by atoms with Gasteiger partial charge in [0, 0.05) is 5.69 Å². The van der Waals surface area contributed by atoms with Crippen LogP contribution in [0.2, 0.25) is 0 Å². The number of carbonyl (C=O) groups is 2. The van der Waals surface area contributed by atoms with E-state index in [0.29, 0.717) is 5.69 Å². The lowest BCUT2D eigenvalue weighted by Gasteiger charge is -2.25. The molecule has 0 radical (unpaired) electrons. The first-order valence-corrected chi connectivity index (χ1v) is 7.64. The largest absolute Gasteiger partial charge is 0.452 e. The number of carbonyl (C=O) groups excluding carboxylic acids is 2. The Balaban J connectivity index is 2.00. The highest BCUT2D eigenvalue weighted by atomic mass is 19.1. The second kappa shape index (κ2) is 7.25. The van der Waals surface area contributed by atoms with Gasteiger partial charge in [-0.1, -0.05) is 30.3 Å². The van der Waals surface area contributed by atoms with Crippen LogP contribution in [0.15, 0.2) is 54.6 Å². The van der Waals surface area contributed by atoms with Gasteiger partial charge in [0.25, 0.3) is 5.91 Å². The normalized spacial score (nSPS) is 12.3. The molecule has 0 fully saturated rings. The van der Waals surface area contributed by atoms with Gasteiger partial charge in [0.2, 0.25) is 0 Å². The number of halogens is 1. The molecule has 0 saturated heterocycles. The molecule has 2 aromatic rings. The first-order chi connectivity index (χ1) is 11.3. The molecule has 126 valence electrons. The van der Waals surface area contributed by atoms with E-state index in [1.165, 1.54) is 31.2 Å². The lowest BCUT2D eigenvalue weighted by molar-refractivity contribution is -0.158. The smallest absolute Gasteiger partial charge is 0.316 e. The maximum absolute atomic E-state index is 12.9. The van der Waals surface area contributed by atoms with Crippen molar-refractivity contribution in [3.8, 4) is 0 Å². The Kier molecular flexibility index (Phi) is 5.34. The first-order valence-electron chi connectivity index (χ1n) is 7.64. The number of benzene rings is 2. The van der Waals surface area contributed by atoms with Crippen LogP contribution < -0.4 is 5.32 Å². The number of nitrogens with one attached hydrogen (secondary N) is 1. The van der Waals surface area contributed by atoms with Crippen LogP contribution >= 0.6 is 0 Å². The van der Waals surface area contributed by atoms with Gasteiger partial charge < -0.3 is 10.1 Å². The maximum Gasteiger partial charge on any atom is 0.316 e. The number of anilines is 1. The highest BCUT2D eigenvalue weighted by Crippen LogP contribution is 2.25. The number of hydrogen-bond donors (Lipinski definition) is 1. The Morgan fingerprint density at radius 3 is 2.21 bits per heavy atom. The van der Waals surface area contributed by atoms with Crippen LogP contribution in [0.1, 0.15) is 26.3 Å². The van der Waals surface area contributed by atoms with Gasteiger partial charge in [0.1, 0.15) is 5.82 Å². The van der Waals surface area contributed by atoms with E-state index in [2.05, 4.69) is 5.32 Å². The Labute approximate surface area is 140 Å². The summed E-state index contributed by atoms with van der Waals surface area (Å²) < 4.78 is 18.2. The summed E-state index contributed by atoms with van der Waals surface area (Å²) in [6.07, 6.45) is -0.967. The summed E-state index contributed by atoms with van der Waals surface area (Å²) in [5.74, 6) is -1.36. The Bertz CT molecular complexity index is 711. The van der Waals surface area contributed by atoms with Gasteiger partial charge in [0.05, 0.1) is 5.41 Å². The molecule has 2 rings (SSSR count). The molecule has 24 heavy (non-hydrogen) atoms. The minimum Gasteiger partial charge on any atom is -0.452 e. The SMILES string of the molecule is C[C@H](OC(=O)C(C)(C)c1ccccc1)C(=O)Nc1ccc(F)cc1. The second-order valence-electron chi connectivity index (χ2n) is 6.03. The molecule has 0 heterocycles. The second-order valence-corrected chi connectivity index (χ2v) is 6.03. The average molecular weight is 329 g/mol. The van der Waals surface area contributed by atoms with Crippen molar-refractivity contribution < 1.29 is 18.7 Å². The van der Waals surface area contributed by atoms with Gasteiger partial charge in [-0.2, -0.15) is 0 Å². The fraction of sp³-hybridized carbons (Fsp3) is 0.263. The standard InChI is InChI=1S/C19H20FNO3/c1-13(17(22)21-16-11-9-15(20)10-12-16)24-18(23)19(2,3)14-7-5-4-6-8-14/h4-13H,1-3H3,(H,21,22)/t13-/m0/s1. The minimum atomic E-state index is -0.967. The van der Waals surface area contributed by atoms with Crippen molar-refractivity contribution in [1.82, 2.24) is 0 Å². The molecule has 4 nitrogen and oxygen atoms in total. The van der Waals surface area contributed by atoms with Gasteiger partial charge in [0.15, 0.2) is 6.10 Å². The van der Waals surface area contributed by atoms with E-state index < -0.39 is 29.2 Å². The van der Waals surface area contributed by atoms with E-state index in [-0.39, 0.29) is 0 Å². The monoisotopic (exact) mass is 329 g/mol. The van der Waals surface area contributed by atoms with E-state index >= 15 is 0 Å². The predicted octanol–water partition coefficient (Wildman–Crippen LogP) is 3.67. The maximum atomic E-state index is 12.9. The van der Waals surface area contributed by atoms with Gasteiger partial charge in [-0.25, -0.2) is 4.39 Å². The zero-order valence-electron chi connectivity index (χ0n) is 13.9. The van der Waals surface area contributed by atoms with Crippen LogP contribution in [0.5, 0.6) is 0 Å². The molecule has 0 aliphatic heterocycles. The fourth-order valence-corrected chi connectivity index (χ4v) is 2.11. The van der Waals surface area contributed by atoms with E-state index in [0.717, 1.165) is 5.56 Å². The summed E-state index contributed by atoms with van der Waals surface area (Å²) in [5, 5.41) is 2.58. The van der Waals surface area contributed by atoms with E-state index in [1.54, 1.807) is 13.8 Å². The molecule has 0 aliphatic rings. The van der Waals surface area contributed by atoms with Crippen molar-refractivity contribution >= 4 is 17.6 Å². The summed E-state index contributed by atoms with van der Waals surface area (Å²) in [5.41, 5.74) is 0.374. The molecule has 0 saturated carbocycles. The third-order valence-corrected chi connectivity index (χ3v) is 3.77.